The van der Waals surface area contributed by atoms with E-state index in [4.69, 9.17) is 4.74 Å². The van der Waals surface area contributed by atoms with E-state index in [1.807, 2.05) is 5.32 Å². The Bertz CT molecular complexity index is 1030. The molecule has 0 spiro atoms. The SMILES string of the molecule is CC1(C)CC(=O)C2=C(C1)N(CCCN1CCOCC1)C(=O)[C@@]2(NC(=O)c1ccccc1)C(F)(F)F. The fraction of sp³-hybridized carbons (Fsp3) is 0.560. The number of ether oxygens (including phenoxy) is 1. The van der Waals surface area contributed by atoms with Crippen LogP contribution in [0.15, 0.2) is 41.6 Å². The van der Waals surface area contributed by atoms with Gasteiger partial charge in [-0.2, -0.15) is 13.2 Å². The molecule has 10 heteroatoms. The van der Waals surface area contributed by atoms with E-state index in [2.05, 4.69) is 4.90 Å². The van der Waals surface area contributed by atoms with Gasteiger partial charge < -0.3 is 15.0 Å². The first-order valence-electron chi connectivity index (χ1n) is 11.8. The van der Waals surface area contributed by atoms with Gasteiger partial charge in [0.25, 0.3) is 11.8 Å². The highest BCUT2D eigenvalue weighted by Gasteiger charge is 2.71. The highest BCUT2D eigenvalue weighted by atomic mass is 19.4. The van der Waals surface area contributed by atoms with Crippen LogP contribution in [0.3, 0.4) is 0 Å². The molecule has 2 amide bonds. The van der Waals surface area contributed by atoms with Crippen molar-refractivity contribution in [3.05, 3.63) is 47.2 Å². The Morgan fingerprint density at radius 3 is 2.34 bits per heavy atom. The lowest BCUT2D eigenvalue weighted by Gasteiger charge is -2.35. The first kappa shape index (κ1) is 25.4. The Hall–Kier alpha value is -2.72. The van der Waals surface area contributed by atoms with Crippen LogP contribution in [-0.2, 0) is 14.3 Å². The third-order valence-electron chi connectivity index (χ3n) is 6.84. The summed E-state index contributed by atoms with van der Waals surface area (Å²) in [6.07, 6.45) is -4.78. The number of nitrogens with one attached hydrogen (secondary N) is 1. The number of rotatable bonds is 6. The van der Waals surface area contributed by atoms with Crippen LogP contribution in [0, 0.1) is 5.41 Å². The van der Waals surface area contributed by atoms with Crippen LogP contribution >= 0.6 is 0 Å². The molecular formula is C25H30F3N3O4. The molecule has 1 aliphatic carbocycles. The lowest BCUT2D eigenvalue weighted by Crippen LogP contribution is -2.66. The monoisotopic (exact) mass is 493 g/mol. The third kappa shape index (κ3) is 4.73. The largest absolute Gasteiger partial charge is 0.425 e. The number of benzene rings is 1. The Balaban J connectivity index is 1.70. The number of allylic oxidation sites excluding steroid dienone is 1. The predicted octanol–water partition coefficient (Wildman–Crippen LogP) is 2.93. The number of carbonyl (C=O) groups is 3. The normalized spacial score (nSPS) is 25.1. The van der Waals surface area contributed by atoms with Crippen molar-refractivity contribution < 1.29 is 32.3 Å². The number of Topliss-reactive ketones (excluding diaryl/α,β-unsaturated/α-hetero) is 1. The Morgan fingerprint density at radius 1 is 1.06 bits per heavy atom. The molecule has 0 bridgehead atoms. The van der Waals surface area contributed by atoms with Gasteiger partial charge in [0.05, 0.1) is 18.8 Å². The second-order valence-corrected chi connectivity index (χ2v) is 10.1. The maximum atomic E-state index is 14.8. The lowest BCUT2D eigenvalue weighted by molar-refractivity contribution is -0.190. The minimum absolute atomic E-state index is 0.0252. The molecule has 35 heavy (non-hydrogen) atoms. The predicted molar refractivity (Wildman–Crippen MR) is 121 cm³/mol. The van der Waals surface area contributed by atoms with E-state index in [0.29, 0.717) is 39.3 Å². The number of ketones is 1. The Morgan fingerprint density at radius 2 is 1.71 bits per heavy atom. The highest BCUT2D eigenvalue weighted by molar-refractivity contribution is 6.14. The van der Waals surface area contributed by atoms with Crippen LogP contribution in [0.4, 0.5) is 13.2 Å². The van der Waals surface area contributed by atoms with Crippen molar-refractivity contribution in [3.8, 4) is 0 Å². The maximum absolute atomic E-state index is 14.8. The van der Waals surface area contributed by atoms with E-state index in [9.17, 15) is 27.6 Å². The number of nitrogens with zero attached hydrogens (tertiary/aromatic N) is 2. The zero-order valence-corrected chi connectivity index (χ0v) is 19.9. The average Bonchev–Trinajstić information content (AvgIpc) is 3.02. The molecular weight excluding hydrogens is 463 g/mol. The number of morpholine rings is 1. The molecule has 1 atom stereocenters. The summed E-state index contributed by atoms with van der Waals surface area (Å²) in [5, 5.41) is 1.96. The smallest absolute Gasteiger partial charge is 0.379 e. The van der Waals surface area contributed by atoms with E-state index in [0.717, 1.165) is 4.90 Å². The summed E-state index contributed by atoms with van der Waals surface area (Å²) in [6.45, 7) is 6.80. The summed E-state index contributed by atoms with van der Waals surface area (Å²) in [5.74, 6) is -3.13. The average molecular weight is 494 g/mol. The van der Waals surface area contributed by atoms with Crippen LogP contribution in [0.2, 0.25) is 0 Å². The zero-order chi connectivity index (χ0) is 25.4. The standard InChI is InChI=1S/C25H30F3N3O4/c1-23(2)15-18-20(19(32)16-23)24(25(26,27)28,29-21(33)17-7-4-3-5-8-17)22(34)31(18)10-6-9-30-11-13-35-14-12-30/h3-5,7-8H,6,9-16H2,1-2H3,(H,29,33)/t24-/m1/s1. The van der Waals surface area contributed by atoms with Gasteiger partial charge in [0.15, 0.2) is 5.78 Å². The molecule has 0 unspecified atom stereocenters. The van der Waals surface area contributed by atoms with Crippen molar-refractivity contribution in [2.24, 2.45) is 5.41 Å². The molecule has 1 saturated heterocycles. The van der Waals surface area contributed by atoms with Gasteiger partial charge in [-0.1, -0.05) is 32.0 Å². The van der Waals surface area contributed by atoms with Crippen LogP contribution in [0.1, 0.15) is 43.5 Å². The quantitative estimate of drug-likeness (QED) is 0.660. The molecule has 2 aliphatic heterocycles. The van der Waals surface area contributed by atoms with Gasteiger partial charge in [0.2, 0.25) is 5.54 Å². The summed E-state index contributed by atoms with van der Waals surface area (Å²) < 4.78 is 49.7. The van der Waals surface area contributed by atoms with Crippen molar-refractivity contribution in [2.45, 2.75) is 44.8 Å². The maximum Gasteiger partial charge on any atom is 0.425 e. The molecule has 190 valence electrons. The lowest BCUT2D eigenvalue weighted by atomic mass is 9.72. The molecule has 2 heterocycles. The van der Waals surface area contributed by atoms with Crippen molar-refractivity contribution >= 4 is 17.6 Å². The van der Waals surface area contributed by atoms with Gasteiger partial charge in [-0.3, -0.25) is 19.3 Å². The van der Waals surface area contributed by atoms with Crippen LogP contribution in [0.25, 0.3) is 0 Å². The first-order valence-corrected chi connectivity index (χ1v) is 11.8. The molecule has 7 nitrogen and oxygen atoms in total. The molecule has 1 N–H and O–H groups in total. The van der Waals surface area contributed by atoms with Crippen LogP contribution < -0.4 is 5.32 Å². The highest BCUT2D eigenvalue weighted by Crippen LogP contribution is 2.51. The molecule has 1 aromatic rings. The number of carbonyl (C=O) groups excluding carboxylic acids is 3. The van der Waals surface area contributed by atoms with Crippen LogP contribution in [-0.4, -0.2) is 78.5 Å². The molecule has 1 aromatic carbocycles. The Kier molecular flexibility index (Phi) is 6.80. The molecule has 3 aliphatic rings. The summed E-state index contributed by atoms with van der Waals surface area (Å²) >= 11 is 0. The van der Waals surface area contributed by atoms with Crippen molar-refractivity contribution in [2.75, 3.05) is 39.4 Å². The zero-order valence-electron chi connectivity index (χ0n) is 19.9. The van der Waals surface area contributed by atoms with E-state index >= 15 is 0 Å². The first-order chi connectivity index (χ1) is 16.5. The summed E-state index contributed by atoms with van der Waals surface area (Å²) in [7, 11) is 0. The van der Waals surface area contributed by atoms with E-state index in [1.165, 1.54) is 24.3 Å². The van der Waals surface area contributed by atoms with Crippen molar-refractivity contribution in [1.29, 1.82) is 0 Å². The van der Waals surface area contributed by atoms with Gasteiger partial charge >= 0.3 is 6.18 Å². The fourth-order valence-corrected chi connectivity index (χ4v) is 5.17. The number of halogens is 3. The van der Waals surface area contributed by atoms with E-state index in [-0.39, 0.29) is 30.6 Å². The molecule has 0 aromatic heterocycles. The van der Waals surface area contributed by atoms with Crippen molar-refractivity contribution in [3.63, 3.8) is 0 Å². The Labute approximate surface area is 202 Å². The molecule has 0 saturated carbocycles. The summed E-state index contributed by atoms with van der Waals surface area (Å²) in [5.41, 5.74) is -4.60. The summed E-state index contributed by atoms with van der Waals surface area (Å²) in [6, 6.07) is 7.38. The fourth-order valence-electron chi connectivity index (χ4n) is 5.17. The number of alkyl halides is 3. The van der Waals surface area contributed by atoms with E-state index < -0.39 is 40.3 Å². The number of amides is 2. The van der Waals surface area contributed by atoms with E-state index in [1.54, 1.807) is 19.9 Å². The van der Waals surface area contributed by atoms with Gasteiger partial charge in [0.1, 0.15) is 0 Å². The number of hydrogen-bond donors (Lipinski definition) is 1. The van der Waals surface area contributed by atoms with Gasteiger partial charge in [-0.05, 0) is 30.4 Å². The van der Waals surface area contributed by atoms with Gasteiger partial charge in [-0.15, -0.1) is 0 Å². The second-order valence-electron chi connectivity index (χ2n) is 10.1. The van der Waals surface area contributed by atoms with Gasteiger partial charge in [0, 0.05) is 43.9 Å². The summed E-state index contributed by atoms with van der Waals surface area (Å²) in [4.78, 5) is 42.9. The van der Waals surface area contributed by atoms with Gasteiger partial charge in [-0.25, -0.2) is 0 Å². The van der Waals surface area contributed by atoms with Crippen molar-refractivity contribution in [1.82, 2.24) is 15.1 Å². The van der Waals surface area contributed by atoms with Crippen LogP contribution in [0.5, 0.6) is 0 Å². The third-order valence-corrected chi connectivity index (χ3v) is 6.84. The second kappa shape index (κ2) is 9.39. The number of hydrogen-bond acceptors (Lipinski definition) is 5. The topological polar surface area (TPSA) is 79.0 Å². The molecule has 0 radical (unpaired) electrons. The minimum atomic E-state index is -5.20. The molecule has 4 rings (SSSR count). The minimum Gasteiger partial charge on any atom is -0.379 e. The molecule has 1 fully saturated rings.